The molecule has 20 heavy (non-hydrogen) atoms. The van der Waals surface area contributed by atoms with Crippen molar-refractivity contribution in [2.24, 2.45) is 4.99 Å². The molecular formula is C11H9BrF3N5. The molecule has 2 aromatic rings. The lowest BCUT2D eigenvalue weighted by atomic mass is 10.3. The first-order valence-electron chi connectivity index (χ1n) is 5.76. The number of aromatic nitrogens is 2. The van der Waals surface area contributed by atoms with E-state index in [1.165, 1.54) is 0 Å². The molecule has 0 saturated heterocycles. The molecule has 106 valence electrons. The van der Waals surface area contributed by atoms with Crippen LogP contribution in [0.15, 0.2) is 21.6 Å². The maximum absolute atomic E-state index is 12.6. The highest BCUT2D eigenvalue weighted by Gasteiger charge is 2.35. The molecule has 0 saturated carbocycles. The van der Waals surface area contributed by atoms with Gasteiger partial charge in [0.2, 0.25) is 5.82 Å². The van der Waals surface area contributed by atoms with Crippen LogP contribution in [0.3, 0.4) is 0 Å². The molecule has 5 nitrogen and oxygen atoms in total. The number of anilines is 1. The van der Waals surface area contributed by atoms with Crippen LogP contribution in [0.5, 0.6) is 0 Å². The highest BCUT2D eigenvalue weighted by atomic mass is 79.9. The first kappa shape index (κ1) is 13.2. The van der Waals surface area contributed by atoms with Crippen molar-refractivity contribution in [2.45, 2.75) is 6.18 Å². The van der Waals surface area contributed by atoms with E-state index in [0.717, 1.165) is 6.54 Å². The Morgan fingerprint density at radius 2 is 2.10 bits per heavy atom. The average Bonchev–Trinajstić information content (AvgIpc) is 3.01. The summed E-state index contributed by atoms with van der Waals surface area (Å²) in [4.78, 5) is 10.0. The van der Waals surface area contributed by atoms with Crippen LogP contribution < -0.4 is 10.6 Å². The number of imidazole rings is 1. The second kappa shape index (κ2) is 4.65. The number of hydrogen-bond acceptors (Lipinski definition) is 4. The standard InChI is InChI=1S/C11H9BrF3N5/c12-7-5(19-10-16-3-4-17-10)1-2-6-8(7)20-9(18-6)11(13,14)15/h1-2H,3-4H2,(H,18,20)(H2,16,17,19). The minimum atomic E-state index is -4.50. The summed E-state index contributed by atoms with van der Waals surface area (Å²) in [6, 6.07) is 3.20. The molecule has 0 radical (unpaired) electrons. The number of halogens is 4. The van der Waals surface area contributed by atoms with Crippen LogP contribution in [0.1, 0.15) is 5.82 Å². The van der Waals surface area contributed by atoms with Crippen LogP contribution in [-0.2, 0) is 6.18 Å². The third-order valence-corrected chi connectivity index (χ3v) is 3.59. The fraction of sp³-hybridized carbons (Fsp3) is 0.273. The van der Waals surface area contributed by atoms with Crippen molar-refractivity contribution in [3.05, 3.63) is 22.4 Å². The number of aromatic amines is 1. The summed E-state index contributed by atoms with van der Waals surface area (Å²) in [5.41, 5.74) is 1.14. The summed E-state index contributed by atoms with van der Waals surface area (Å²) in [5.74, 6) is -0.418. The molecule has 0 atom stereocenters. The van der Waals surface area contributed by atoms with E-state index in [9.17, 15) is 13.2 Å². The number of alkyl halides is 3. The molecule has 3 rings (SSSR count). The Bertz CT molecular complexity index is 691. The van der Waals surface area contributed by atoms with Crippen LogP contribution in [0.4, 0.5) is 18.9 Å². The monoisotopic (exact) mass is 347 g/mol. The zero-order valence-electron chi connectivity index (χ0n) is 9.98. The summed E-state index contributed by atoms with van der Waals surface area (Å²) >= 11 is 3.27. The maximum Gasteiger partial charge on any atom is 0.449 e. The molecule has 9 heteroatoms. The average molecular weight is 348 g/mol. The predicted octanol–water partition coefficient (Wildman–Crippen LogP) is 2.72. The molecule has 2 heterocycles. The van der Waals surface area contributed by atoms with Crippen molar-refractivity contribution in [1.29, 1.82) is 0 Å². The number of benzene rings is 1. The molecule has 0 amide bonds. The van der Waals surface area contributed by atoms with Crippen molar-refractivity contribution in [3.8, 4) is 0 Å². The number of nitrogens with zero attached hydrogens (tertiary/aromatic N) is 2. The van der Waals surface area contributed by atoms with Crippen LogP contribution in [0.25, 0.3) is 11.0 Å². The number of guanidine groups is 1. The largest absolute Gasteiger partial charge is 0.449 e. The molecule has 0 bridgehead atoms. The van der Waals surface area contributed by atoms with Gasteiger partial charge < -0.3 is 15.6 Å². The molecule has 0 fully saturated rings. The van der Waals surface area contributed by atoms with E-state index in [1.807, 2.05) is 0 Å². The highest BCUT2D eigenvalue weighted by molar-refractivity contribution is 9.10. The summed E-state index contributed by atoms with van der Waals surface area (Å²) < 4.78 is 38.4. The zero-order valence-corrected chi connectivity index (χ0v) is 11.6. The SMILES string of the molecule is FC(F)(F)c1nc2c(Br)c(NC3=NCCN3)ccc2[nH]1. The van der Waals surface area contributed by atoms with Gasteiger partial charge in [-0.25, -0.2) is 4.98 Å². The van der Waals surface area contributed by atoms with Crippen molar-refractivity contribution in [2.75, 3.05) is 18.4 Å². The highest BCUT2D eigenvalue weighted by Crippen LogP contribution is 2.34. The van der Waals surface area contributed by atoms with Gasteiger partial charge in [0.25, 0.3) is 0 Å². The first-order chi connectivity index (χ1) is 9.45. The van der Waals surface area contributed by atoms with Gasteiger partial charge in [0.15, 0.2) is 5.96 Å². The van der Waals surface area contributed by atoms with Crippen molar-refractivity contribution < 1.29 is 13.2 Å². The predicted molar refractivity (Wildman–Crippen MR) is 72.7 cm³/mol. The van der Waals surface area contributed by atoms with E-state index >= 15 is 0 Å². The number of H-pyrrole nitrogens is 1. The number of aliphatic imine (C=N–C) groups is 1. The third-order valence-electron chi connectivity index (χ3n) is 2.79. The second-order valence-corrected chi connectivity index (χ2v) is 4.98. The van der Waals surface area contributed by atoms with E-state index in [4.69, 9.17) is 0 Å². The molecule has 0 unspecified atom stereocenters. The van der Waals surface area contributed by atoms with Gasteiger partial charge in [-0.3, -0.25) is 4.99 Å². The molecule has 3 N–H and O–H groups in total. The van der Waals surface area contributed by atoms with Crippen LogP contribution in [-0.4, -0.2) is 29.0 Å². The Morgan fingerprint density at radius 3 is 2.75 bits per heavy atom. The Labute approximate surface area is 119 Å². The first-order valence-corrected chi connectivity index (χ1v) is 6.55. The minimum Gasteiger partial charge on any atom is -0.354 e. The molecule has 1 aromatic carbocycles. The molecule has 1 aromatic heterocycles. The van der Waals surface area contributed by atoms with Gasteiger partial charge in [0, 0.05) is 6.54 Å². The lowest BCUT2D eigenvalue weighted by Crippen LogP contribution is -2.26. The summed E-state index contributed by atoms with van der Waals surface area (Å²) in [6.45, 7) is 1.41. The van der Waals surface area contributed by atoms with Crippen LogP contribution >= 0.6 is 15.9 Å². The Kier molecular flexibility index (Phi) is 3.08. The van der Waals surface area contributed by atoms with Crippen molar-refractivity contribution in [1.82, 2.24) is 15.3 Å². The van der Waals surface area contributed by atoms with E-state index < -0.39 is 12.0 Å². The normalized spacial score (nSPS) is 15.3. The number of rotatable bonds is 1. The van der Waals surface area contributed by atoms with E-state index in [1.54, 1.807) is 12.1 Å². The summed E-state index contributed by atoms with van der Waals surface area (Å²) in [7, 11) is 0. The molecule has 1 aliphatic heterocycles. The Balaban J connectivity index is 2.01. The lowest BCUT2D eigenvalue weighted by molar-refractivity contribution is -0.144. The maximum atomic E-state index is 12.6. The summed E-state index contributed by atoms with van der Waals surface area (Å²) in [5, 5.41) is 6.03. The number of nitrogens with one attached hydrogen (secondary N) is 3. The Morgan fingerprint density at radius 1 is 1.30 bits per heavy atom. The Hall–Kier alpha value is -1.77. The van der Waals surface area contributed by atoms with Crippen molar-refractivity contribution in [3.63, 3.8) is 0 Å². The van der Waals surface area contributed by atoms with E-state index in [2.05, 4.69) is 41.5 Å². The van der Waals surface area contributed by atoms with Gasteiger partial charge in [-0.1, -0.05) is 0 Å². The van der Waals surface area contributed by atoms with Gasteiger partial charge in [0.1, 0.15) is 5.52 Å². The summed E-state index contributed by atoms with van der Waals surface area (Å²) in [6.07, 6.45) is -4.50. The topological polar surface area (TPSA) is 65.1 Å². The number of hydrogen-bond donors (Lipinski definition) is 3. The van der Waals surface area contributed by atoms with E-state index in [-0.39, 0.29) is 5.52 Å². The van der Waals surface area contributed by atoms with E-state index in [0.29, 0.717) is 28.2 Å². The van der Waals surface area contributed by atoms with Crippen LogP contribution in [0.2, 0.25) is 0 Å². The van der Waals surface area contributed by atoms with Gasteiger partial charge in [-0.15, -0.1) is 0 Å². The van der Waals surface area contributed by atoms with Gasteiger partial charge in [0.05, 0.1) is 22.2 Å². The van der Waals surface area contributed by atoms with Gasteiger partial charge in [-0.05, 0) is 28.1 Å². The number of fused-ring (bicyclic) bond motifs is 1. The molecular weight excluding hydrogens is 339 g/mol. The fourth-order valence-corrected chi connectivity index (χ4v) is 2.42. The van der Waals surface area contributed by atoms with Gasteiger partial charge >= 0.3 is 6.18 Å². The zero-order chi connectivity index (χ0) is 14.3. The smallest absolute Gasteiger partial charge is 0.354 e. The quantitative estimate of drug-likeness (QED) is 0.743. The fourth-order valence-electron chi connectivity index (χ4n) is 1.88. The molecule has 1 aliphatic rings. The van der Waals surface area contributed by atoms with Gasteiger partial charge in [-0.2, -0.15) is 13.2 Å². The molecule has 0 aliphatic carbocycles. The molecule has 0 spiro atoms. The van der Waals surface area contributed by atoms with Crippen molar-refractivity contribution >= 4 is 38.6 Å². The minimum absolute atomic E-state index is 0.223. The lowest BCUT2D eigenvalue weighted by Gasteiger charge is -2.08. The third kappa shape index (κ3) is 2.33. The van der Waals surface area contributed by atoms with Crippen LogP contribution in [0, 0.1) is 0 Å². The second-order valence-electron chi connectivity index (χ2n) is 4.19.